The number of allylic oxidation sites excluding steroid dienone is 2. The van der Waals surface area contributed by atoms with Crippen LogP contribution in [-0.4, -0.2) is 4.98 Å². The van der Waals surface area contributed by atoms with Crippen LogP contribution >= 0.6 is 11.3 Å². The van der Waals surface area contributed by atoms with E-state index in [1.807, 2.05) is 11.4 Å². The quantitative estimate of drug-likeness (QED) is 0.667. The molecule has 0 saturated heterocycles. The fraction of sp³-hybridized carbons (Fsp3) is 0.333. The molecule has 0 N–H and O–H groups in total. The van der Waals surface area contributed by atoms with Crippen molar-refractivity contribution in [2.45, 2.75) is 19.8 Å². The molecule has 0 bridgehead atoms. The molecule has 1 aromatic heterocycles. The van der Waals surface area contributed by atoms with Gasteiger partial charge in [0.15, 0.2) is 0 Å². The molecule has 62 valence electrons. The van der Waals surface area contributed by atoms with Gasteiger partial charge < -0.3 is 0 Å². The van der Waals surface area contributed by atoms with E-state index in [2.05, 4.69) is 11.9 Å². The number of aromatic nitrogens is 1. The molecule has 3 heteroatoms. The van der Waals surface area contributed by atoms with Crippen molar-refractivity contribution in [1.29, 1.82) is 5.26 Å². The Labute approximate surface area is 76.2 Å². The molecule has 0 saturated carbocycles. The summed E-state index contributed by atoms with van der Waals surface area (Å²) in [4.78, 5) is 4.15. The molecule has 0 aliphatic rings. The second-order valence-corrected chi connectivity index (χ2v) is 3.28. The summed E-state index contributed by atoms with van der Waals surface area (Å²) in [6.07, 6.45) is 5.33. The summed E-state index contributed by atoms with van der Waals surface area (Å²) in [5.74, 6) is 0. The van der Waals surface area contributed by atoms with Crippen LogP contribution in [0.1, 0.15) is 24.8 Å². The average molecular weight is 178 g/mol. The molecular weight excluding hydrogens is 168 g/mol. The second kappa shape index (κ2) is 4.68. The molecule has 0 radical (unpaired) electrons. The van der Waals surface area contributed by atoms with Crippen LogP contribution in [0.3, 0.4) is 0 Å². The van der Waals surface area contributed by atoms with Crippen molar-refractivity contribution in [2.75, 3.05) is 0 Å². The highest BCUT2D eigenvalue weighted by molar-refractivity contribution is 7.10. The lowest BCUT2D eigenvalue weighted by Gasteiger charge is -1.97. The number of nitrogens with zero attached hydrogens (tertiary/aromatic N) is 2. The van der Waals surface area contributed by atoms with E-state index >= 15 is 0 Å². The summed E-state index contributed by atoms with van der Waals surface area (Å²) in [7, 11) is 0. The van der Waals surface area contributed by atoms with Gasteiger partial charge in [0.2, 0.25) is 0 Å². The van der Waals surface area contributed by atoms with E-state index in [1.54, 1.807) is 23.6 Å². The van der Waals surface area contributed by atoms with E-state index in [9.17, 15) is 0 Å². The maximum atomic E-state index is 8.51. The average Bonchev–Trinajstić information content (AvgIpc) is 2.56. The Kier molecular flexibility index (Phi) is 3.49. The lowest BCUT2D eigenvalue weighted by atomic mass is 10.1. The van der Waals surface area contributed by atoms with Crippen LogP contribution in [0.4, 0.5) is 0 Å². The van der Waals surface area contributed by atoms with Gasteiger partial charge in [0.1, 0.15) is 5.01 Å². The van der Waals surface area contributed by atoms with Crippen molar-refractivity contribution in [1.82, 2.24) is 4.98 Å². The number of hydrogen-bond acceptors (Lipinski definition) is 3. The molecule has 2 nitrogen and oxygen atoms in total. The maximum absolute atomic E-state index is 8.51. The molecule has 0 atom stereocenters. The van der Waals surface area contributed by atoms with Gasteiger partial charge in [0, 0.05) is 17.7 Å². The third-order valence-electron chi connectivity index (χ3n) is 1.47. The fourth-order valence-electron chi connectivity index (χ4n) is 0.970. The Bertz CT molecular complexity index is 293. The molecule has 0 fully saturated rings. The molecule has 12 heavy (non-hydrogen) atoms. The van der Waals surface area contributed by atoms with Crippen LogP contribution in [0.25, 0.3) is 5.57 Å². The van der Waals surface area contributed by atoms with Crippen molar-refractivity contribution < 1.29 is 0 Å². The zero-order valence-corrected chi connectivity index (χ0v) is 7.77. The van der Waals surface area contributed by atoms with Gasteiger partial charge in [-0.3, -0.25) is 0 Å². The standard InChI is InChI=1S/C9H10N2S/c1-2-3-8(4-5-10)9-11-6-7-12-9/h4,6-7H,2-3H2,1H3. The maximum Gasteiger partial charge on any atom is 0.119 e. The van der Waals surface area contributed by atoms with E-state index in [-0.39, 0.29) is 0 Å². The van der Waals surface area contributed by atoms with Gasteiger partial charge in [0.05, 0.1) is 6.07 Å². The predicted molar refractivity (Wildman–Crippen MR) is 50.6 cm³/mol. The topological polar surface area (TPSA) is 36.7 Å². The molecule has 1 heterocycles. The Balaban J connectivity index is 2.82. The smallest absolute Gasteiger partial charge is 0.119 e. The molecule has 0 aromatic carbocycles. The highest BCUT2D eigenvalue weighted by atomic mass is 32.1. The monoisotopic (exact) mass is 178 g/mol. The van der Waals surface area contributed by atoms with Gasteiger partial charge in [-0.25, -0.2) is 4.98 Å². The van der Waals surface area contributed by atoms with Crippen LogP contribution in [-0.2, 0) is 0 Å². The summed E-state index contributed by atoms with van der Waals surface area (Å²) >= 11 is 1.58. The first-order chi connectivity index (χ1) is 5.88. The second-order valence-electron chi connectivity index (χ2n) is 2.39. The molecular formula is C9H10N2S. The first-order valence-corrected chi connectivity index (χ1v) is 4.75. The predicted octanol–water partition coefficient (Wildman–Crippen LogP) is 2.85. The first-order valence-electron chi connectivity index (χ1n) is 3.87. The molecule has 0 spiro atoms. The van der Waals surface area contributed by atoms with Gasteiger partial charge >= 0.3 is 0 Å². The van der Waals surface area contributed by atoms with Crippen LogP contribution in [0.5, 0.6) is 0 Å². The van der Waals surface area contributed by atoms with E-state index in [4.69, 9.17) is 5.26 Å². The lowest BCUT2D eigenvalue weighted by Crippen LogP contribution is -1.81. The van der Waals surface area contributed by atoms with Crippen molar-refractivity contribution in [3.05, 3.63) is 22.7 Å². The van der Waals surface area contributed by atoms with Crippen LogP contribution in [0.2, 0.25) is 0 Å². The summed E-state index contributed by atoms with van der Waals surface area (Å²) in [5, 5.41) is 11.4. The number of thiazole rings is 1. The third-order valence-corrected chi connectivity index (χ3v) is 2.31. The Hall–Kier alpha value is -1.14. The third kappa shape index (κ3) is 2.18. The van der Waals surface area contributed by atoms with Gasteiger partial charge in [-0.2, -0.15) is 5.26 Å². The summed E-state index contributed by atoms with van der Waals surface area (Å²) in [6, 6.07) is 2.05. The SMILES string of the molecule is CCCC(=CC#N)c1nccs1. The van der Waals surface area contributed by atoms with E-state index in [0.29, 0.717) is 0 Å². The first kappa shape index (κ1) is 8.95. The minimum Gasteiger partial charge on any atom is -0.245 e. The van der Waals surface area contributed by atoms with Crippen molar-refractivity contribution in [2.24, 2.45) is 0 Å². The van der Waals surface area contributed by atoms with Crippen LogP contribution in [0, 0.1) is 11.3 Å². The zero-order valence-electron chi connectivity index (χ0n) is 6.95. The fourth-order valence-corrected chi connectivity index (χ4v) is 1.65. The van der Waals surface area contributed by atoms with Gasteiger partial charge in [0.25, 0.3) is 0 Å². The molecule has 0 aliphatic carbocycles. The molecule has 0 unspecified atom stereocenters. The van der Waals surface area contributed by atoms with E-state index in [1.165, 1.54) is 0 Å². The van der Waals surface area contributed by atoms with Crippen molar-refractivity contribution >= 4 is 16.9 Å². The van der Waals surface area contributed by atoms with E-state index < -0.39 is 0 Å². The summed E-state index contributed by atoms with van der Waals surface area (Å²) in [5.41, 5.74) is 1.05. The minimum atomic E-state index is 0.932. The van der Waals surface area contributed by atoms with Gasteiger partial charge in [-0.15, -0.1) is 11.3 Å². The molecule has 0 aliphatic heterocycles. The van der Waals surface area contributed by atoms with Crippen molar-refractivity contribution in [3.63, 3.8) is 0 Å². The zero-order chi connectivity index (χ0) is 8.81. The molecule has 1 rings (SSSR count). The Morgan fingerprint density at radius 1 is 1.83 bits per heavy atom. The largest absolute Gasteiger partial charge is 0.245 e. The number of nitriles is 1. The van der Waals surface area contributed by atoms with Crippen LogP contribution in [0.15, 0.2) is 17.7 Å². The molecule has 1 aromatic rings. The van der Waals surface area contributed by atoms with Gasteiger partial charge in [-0.05, 0) is 12.0 Å². The Morgan fingerprint density at radius 2 is 2.67 bits per heavy atom. The highest BCUT2D eigenvalue weighted by Crippen LogP contribution is 2.21. The van der Waals surface area contributed by atoms with Gasteiger partial charge in [-0.1, -0.05) is 13.3 Å². The highest BCUT2D eigenvalue weighted by Gasteiger charge is 2.01. The summed E-state index contributed by atoms with van der Waals surface area (Å²) in [6.45, 7) is 2.10. The van der Waals surface area contributed by atoms with Crippen molar-refractivity contribution in [3.8, 4) is 6.07 Å². The lowest BCUT2D eigenvalue weighted by molar-refractivity contribution is 0.971. The number of rotatable bonds is 3. The summed E-state index contributed by atoms with van der Waals surface area (Å²) < 4.78 is 0. The van der Waals surface area contributed by atoms with E-state index in [0.717, 1.165) is 23.4 Å². The number of hydrogen-bond donors (Lipinski definition) is 0. The molecule has 0 amide bonds. The Morgan fingerprint density at radius 3 is 3.17 bits per heavy atom. The van der Waals surface area contributed by atoms with Crippen LogP contribution < -0.4 is 0 Å². The normalized spacial score (nSPS) is 11.2. The minimum absolute atomic E-state index is 0.932.